The van der Waals surface area contributed by atoms with Crippen LogP contribution < -0.4 is 4.74 Å². The Balaban J connectivity index is 1.64. The van der Waals surface area contributed by atoms with Crippen molar-refractivity contribution in [3.05, 3.63) is 59.4 Å². The molecule has 1 fully saturated rings. The minimum absolute atomic E-state index is 0.0710. The first-order chi connectivity index (χ1) is 12.5. The summed E-state index contributed by atoms with van der Waals surface area (Å²) in [6.07, 6.45) is 1.48. The molecule has 1 saturated heterocycles. The van der Waals surface area contributed by atoms with E-state index in [0.717, 1.165) is 51.3 Å². The molecule has 0 unspecified atom stereocenters. The van der Waals surface area contributed by atoms with E-state index in [9.17, 15) is 13.2 Å². The normalized spacial score (nSPS) is 16.0. The molecule has 26 heavy (non-hydrogen) atoms. The van der Waals surface area contributed by atoms with E-state index < -0.39 is 11.6 Å². The number of ether oxygens (including phenoxy) is 1. The lowest BCUT2D eigenvalue weighted by Gasteiger charge is -2.32. The number of hydrogen-bond donors (Lipinski definition) is 0. The Hall–Kier alpha value is -2.05. The number of benzene rings is 2. The summed E-state index contributed by atoms with van der Waals surface area (Å²) in [5, 5.41) is 0. The van der Waals surface area contributed by atoms with Crippen LogP contribution >= 0.6 is 0 Å². The minimum atomic E-state index is -0.780. The molecule has 0 aliphatic carbocycles. The highest BCUT2D eigenvalue weighted by atomic mass is 19.1. The number of rotatable bonds is 6. The van der Waals surface area contributed by atoms with Crippen LogP contribution in [0, 0.1) is 17.5 Å². The molecule has 140 valence electrons. The molecule has 3 nitrogen and oxygen atoms in total. The lowest BCUT2D eigenvalue weighted by molar-refractivity contribution is 0.153. The van der Waals surface area contributed by atoms with Gasteiger partial charge in [-0.15, -0.1) is 0 Å². The summed E-state index contributed by atoms with van der Waals surface area (Å²) < 4.78 is 46.1. The first-order valence-corrected chi connectivity index (χ1v) is 8.83. The van der Waals surface area contributed by atoms with Gasteiger partial charge in [0.1, 0.15) is 17.4 Å². The lowest BCUT2D eigenvalue weighted by Crippen LogP contribution is -2.44. The second-order valence-electron chi connectivity index (χ2n) is 6.68. The Morgan fingerprint density at radius 3 is 2.23 bits per heavy atom. The number of nitrogens with zero attached hydrogens (tertiary/aromatic N) is 2. The number of hydrogen-bond acceptors (Lipinski definition) is 3. The summed E-state index contributed by atoms with van der Waals surface area (Å²) in [5.74, 6) is -1.47. The van der Waals surface area contributed by atoms with E-state index >= 15 is 0 Å². The van der Waals surface area contributed by atoms with Crippen molar-refractivity contribution < 1.29 is 17.9 Å². The highest BCUT2D eigenvalue weighted by Gasteiger charge is 2.14. The van der Waals surface area contributed by atoms with Crippen molar-refractivity contribution in [1.29, 1.82) is 0 Å². The zero-order chi connectivity index (χ0) is 18.5. The predicted molar refractivity (Wildman–Crippen MR) is 95.1 cm³/mol. The smallest absolute Gasteiger partial charge is 0.168 e. The maximum absolute atomic E-state index is 13.8. The van der Waals surface area contributed by atoms with E-state index in [1.165, 1.54) is 24.3 Å². The molecule has 2 aromatic rings. The third kappa shape index (κ3) is 4.99. The number of piperazine rings is 1. The zero-order valence-corrected chi connectivity index (χ0v) is 14.9. The second-order valence-corrected chi connectivity index (χ2v) is 6.68. The fourth-order valence-electron chi connectivity index (χ4n) is 3.08. The van der Waals surface area contributed by atoms with Crippen LogP contribution in [0.25, 0.3) is 0 Å². The summed E-state index contributed by atoms with van der Waals surface area (Å²) in [5.41, 5.74) is 0.683. The van der Waals surface area contributed by atoms with Gasteiger partial charge in [-0.2, -0.15) is 0 Å². The van der Waals surface area contributed by atoms with Gasteiger partial charge in [0, 0.05) is 32.2 Å². The van der Waals surface area contributed by atoms with E-state index in [2.05, 4.69) is 16.8 Å². The Morgan fingerprint density at radius 2 is 1.54 bits per heavy atom. The van der Waals surface area contributed by atoms with Gasteiger partial charge >= 0.3 is 0 Å². The average Bonchev–Trinajstić information content (AvgIpc) is 2.61. The third-order valence-corrected chi connectivity index (χ3v) is 4.65. The van der Waals surface area contributed by atoms with Crippen LogP contribution in [0.1, 0.15) is 12.0 Å². The largest absolute Gasteiger partial charge is 0.454 e. The van der Waals surface area contributed by atoms with Crippen LogP contribution in [0.3, 0.4) is 0 Å². The maximum Gasteiger partial charge on any atom is 0.168 e. The SMILES string of the molecule is CN1CCN(CCCc2cc(F)ccc2Oc2ccc(F)cc2F)CC1. The molecular weight excluding hydrogens is 341 g/mol. The Kier molecular flexibility index (Phi) is 6.16. The molecule has 0 atom stereocenters. The van der Waals surface area contributed by atoms with Crippen LogP contribution in [0.5, 0.6) is 11.5 Å². The molecule has 0 N–H and O–H groups in total. The molecule has 0 amide bonds. The Morgan fingerprint density at radius 1 is 0.885 bits per heavy atom. The maximum atomic E-state index is 13.8. The third-order valence-electron chi connectivity index (χ3n) is 4.65. The topological polar surface area (TPSA) is 15.7 Å². The van der Waals surface area contributed by atoms with Crippen LogP contribution in [0.4, 0.5) is 13.2 Å². The lowest BCUT2D eigenvalue weighted by atomic mass is 10.1. The van der Waals surface area contributed by atoms with Gasteiger partial charge in [-0.05, 0) is 62.3 Å². The van der Waals surface area contributed by atoms with E-state index in [1.54, 1.807) is 0 Å². The fourth-order valence-corrected chi connectivity index (χ4v) is 3.08. The number of halogens is 3. The molecule has 3 rings (SSSR count). The van der Waals surface area contributed by atoms with Crippen molar-refractivity contribution >= 4 is 0 Å². The summed E-state index contributed by atoms with van der Waals surface area (Å²) in [6.45, 7) is 5.10. The molecule has 0 aromatic heterocycles. The molecule has 0 bridgehead atoms. The van der Waals surface area contributed by atoms with Gasteiger partial charge in [0.05, 0.1) is 0 Å². The van der Waals surface area contributed by atoms with Crippen molar-refractivity contribution in [2.24, 2.45) is 0 Å². The van der Waals surface area contributed by atoms with Crippen LogP contribution in [-0.4, -0.2) is 49.6 Å². The first-order valence-electron chi connectivity index (χ1n) is 8.83. The van der Waals surface area contributed by atoms with Gasteiger partial charge in [0.2, 0.25) is 0 Å². The molecular formula is C20H23F3N2O. The van der Waals surface area contributed by atoms with E-state index in [-0.39, 0.29) is 11.6 Å². The van der Waals surface area contributed by atoms with Crippen LogP contribution in [0.2, 0.25) is 0 Å². The van der Waals surface area contributed by atoms with E-state index in [1.807, 2.05) is 0 Å². The molecule has 0 radical (unpaired) electrons. The number of likely N-dealkylation sites (N-methyl/N-ethyl adjacent to an activating group) is 1. The van der Waals surface area contributed by atoms with Crippen molar-refractivity contribution in [3.63, 3.8) is 0 Å². The first kappa shape index (κ1) is 18.7. The quantitative estimate of drug-likeness (QED) is 0.768. The van der Waals surface area contributed by atoms with Gasteiger partial charge in [-0.1, -0.05) is 0 Å². The van der Waals surface area contributed by atoms with Crippen molar-refractivity contribution in [2.75, 3.05) is 39.8 Å². The van der Waals surface area contributed by atoms with Crippen molar-refractivity contribution in [3.8, 4) is 11.5 Å². The molecule has 0 spiro atoms. The van der Waals surface area contributed by atoms with Crippen LogP contribution in [0.15, 0.2) is 36.4 Å². The van der Waals surface area contributed by atoms with Crippen molar-refractivity contribution in [2.45, 2.75) is 12.8 Å². The molecule has 6 heteroatoms. The molecule has 1 aliphatic heterocycles. The minimum Gasteiger partial charge on any atom is -0.454 e. The second kappa shape index (κ2) is 8.56. The Bertz CT molecular complexity index is 746. The summed E-state index contributed by atoms with van der Waals surface area (Å²) in [7, 11) is 2.11. The monoisotopic (exact) mass is 364 g/mol. The summed E-state index contributed by atoms with van der Waals surface area (Å²) >= 11 is 0. The number of aryl methyl sites for hydroxylation is 1. The van der Waals surface area contributed by atoms with Crippen LogP contribution in [-0.2, 0) is 6.42 Å². The predicted octanol–water partition coefficient (Wildman–Crippen LogP) is 4.08. The highest BCUT2D eigenvalue weighted by molar-refractivity contribution is 5.39. The molecule has 1 heterocycles. The van der Waals surface area contributed by atoms with Gasteiger partial charge < -0.3 is 14.5 Å². The molecule has 1 aliphatic rings. The Labute approximate surface area is 152 Å². The van der Waals surface area contributed by atoms with E-state index in [0.29, 0.717) is 17.7 Å². The van der Waals surface area contributed by atoms with Gasteiger partial charge in [-0.3, -0.25) is 0 Å². The van der Waals surface area contributed by atoms with Gasteiger partial charge in [0.15, 0.2) is 11.6 Å². The molecule has 2 aromatic carbocycles. The van der Waals surface area contributed by atoms with Gasteiger partial charge in [0.25, 0.3) is 0 Å². The summed E-state index contributed by atoms with van der Waals surface area (Å²) in [6, 6.07) is 7.33. The standard InChI is InChI=1S/C20H23F3N2O/c1-24-9-11-25(12-10-24)8-2-3-15-13-16(21)4-6-19(15)26-20-7-5-17(22)14-18(20)23/h4-7,13-14H,2-3,8-12H2,1H3. The van der Waals surface area contributed by atoms with Crippen molar-refractivity contribution in [1.82, 2.24) is 9.80 Å². The summed E-state index contributed by atoms with van der Waals surface area (Å²) in [4.78, 5) is 4.69. The zero-order valence-electron chi connectivity index (χ0n) is 14.9. The van der Waals surface area contributed by atoms with E-state index in [4.69, 9.17) is 4.74 Å². The average molecular weight is 364 g/mol. The van der Waals surface area contributed by atoms with Gasteiger partial charge in [-0.25, -0.2) is 13.2 Å². The molecule has 0 saturated carbocycles. The highest BCUT2D eigenvalue weighted by Crippen LogP contribution is 2.29. The fraction of sp³-hybridized carbons (Fsp3) is 0.400.